The Kier molecular flexibility index (Phi) is 3.72. The van der Waals surface area contributed by atoms with Crippen molar-refractivity contribution in [3.8, 4) is 0 Å². The number of ketones is 1. The molecule has 1 atom stereocenters. The molecular formula is C17H16N4O2S. The Bertz CT molecular complexity index is 905. The summed E-state index contributed by atoms with van der Waals surface area (Å²) < 4.78 is 0. The van der Waals surface area contributed by atoms with Crippen LogP contribution < -0.4 is 10.9 Å². The van der Waals surface area contributed by atoms with Gasteiger partial charge in [0.15, 0.2) is 10.9 Å². The summed E-state index contributed by atoms with van der Waals surface area (Å²) in [5.74, 6) is 0.156. The van der Waals surface area contributed by atoms with Gasteiger partial charge in [-0.25, -0.2) is 4.98 Å². The fourth-order valence-corrected chi connectivity index (χ4v) is 3.76. The molecule has 0 amide bonds. The van der Waals surface area contributed by atoms with E-state index in [2.05, 4.69) is 20.3 Å². The highest BCUT2D eigenvalue weighted by atomic mass is 32.2. The van der Waals surface area contributed by atoms with Gasteiger partial charge in [-0.3, -0.25) is 14.6 Å². The zero-order chi connectivity index (χ0) is 16.7. The summed E-state index contributed by atoms with van der Waals surface area (Å²) in [6, 6.07) is 5.55. The Morgan fingerprint density at radius 2 is 2.12 bits per heavy atom. The molecule has 0 saturated carbocycles. The third kappa shape index (κ3) is 2.36. The predicted molar refractivity (Wildman–Crippen MR) is 92.2 cm³/mol. The second kappa shape index (κ2) is 5.90. The molecule has 122 valence electrons. The first-order chi connectivity index (χ1) is 11.7. The van der Waals surface area contributed by atoms with Crippen LogP contribution in [0.1, 0.15) is 36.4 Å². The lowest BCUT2D eigenvalue weighted by Crippen LogP contribution is -2.33. The number of aromatic nitrogens is 3. The average molecular weight is 340 g/mol. The summed E-state index contributed by atoms with van der Waals surface area (Å²) in [4.78, 5) is 37.0. The summed E-state index contributed by atoms with van der Waals surface area (Å²) >= 11 is 1.38. The van der Waals surface area contributed by atoms with Crippen molar-refractivity contribution in [2.45, 2.75) is 30.3 Å². The SMILES string of the molecule is CSc1nc2c(c(=O)[nH]1)C(c1ccccn1)C1=C(CCCC1=O)N2. The van der Waals surface area contributed by atoms with E-state index in [0.29, 0.717) is 34.2 Å². The Balaban J connectivity index is 1.99. The number of carbonyl (C=O) groups is 1. The molecule has 4 rings (SSSR count). The Morgan fingerprint density at radius 1 is 1.25 bits per heavy atom. The molecule has 2 aliphatic rings. The van der Waals surface area contributed by atoms with Gasteiger partial charge in [0, 0.05) is 23.9 Å². The van der Waals surface area contributed by atoms with Crippen LogP contribution in [-0.2, 0) is 4.79 Å². The number of aromatic amines is 1. The van der Waals surface area contributed by atoms with E-state index in [0.717, 1.165) is 18.5 Å². The first-order valence-electron chi connectivity index (χ1n) is 7.81. The van der Waals surface area contributed by atoms with Crippen LogP contribution in [-0.4, -0.2) is 27.0 Å². The minimum absolute atomic E-state index is 0.0818. The molecule has 3 heterocycles. The van der Waals surface area contributed by atoms with Crippen LogP contribution >= 0.6 is 11.8 Å². The first-order valence-corrected chi connectivity index (χ1v) is 9.04. The number of pyridine rings is 1. The summed E-state index contributed by atoms with van der Waals surface area (Å²) in [5, 5.41) is 3.78. The van der Waals surface area contributed by atoms with Crippen molar-refractivity contribution < 1.29 is 4.79 Å². The molecule has 0 saturated heterocycles. The van der Waals surface area contributed by atoms with Crippen molar-refractivity contribution in [3.63, 3.8) is 0 Å². The van der Waals surface area contributed by atoms with Crippen molar-refractivity contribution in [2.24, 2.45) is 0 Å². The van der Waals surface area contributed by atoms with Crippen LogP contribution in [0.4, 0.5) is 5.82 Å². The third-order valence-electron chi connectivity index (χ3n) is 4.41. The largest absolute Gasteiger partial charge is 0.343 e. The summed E-state index contributed by atoms with van der Waals surface area (Å²) in [5.41, 5.74) is 2.49. The van der Waals surface area contributed by atoms with E-state index in [1.54, 1.807) is 6.20 Å². The van der Waals surface area contributed by atoms with Gasteiger partial charge >= 0.3 is 0 Å². The fourth-order valence-electron chi connectivity index (χ4n) is 3.38. The van der Waals surface area contributed by atoms with Crippen molar-refractivity contribution >= 4 is 23.4 Å². The maximum absolute atomic E-state index is 12.7. The van der Waals surface area contributed by atoms with Crippen LogP contribution in [0.25, 0.3) is 0 Å². The van der Waals surface area contributed by atoms with Gasteiger partial charge in [-0.15, -0.1) is 0 Å². The number of anilines is 1. The summed E-state index contributed by atoms with van der Waals surface area (Å²) in [6.45, 7) is 0. The zero-order valence-electron chi connectivity index (χ0n) is 13.1. The van der Waals surface area contributed by atoms with Gasteiger partial charge < -0.3 is 10.3 Å². The lowest BCUT2D eigenvalue weighted by atomic mass is 9.78. The number of nitrogens with zero attached hydrogens (tertiary/aromatic N) is 2. The topological polar surface area (TPSA) is 87.7 Å². The second-order valence-electron chi connectivity index (χ2n) is 5.82. The van der Waals surface area contributed by atoms with Crippen LogP contribution in [0.2, 0.25) is 0 Å². The quantitative estimate of drug-likeness (QED) is 0.645. The number of hydrogen-bond donors (Lipinski definition) is 2. The van der Waals surface area contributed by atoms with Gasteiger partial charge in [-0.05, 0) is 31.2 Å². The van der Waals surface area contributed by atoms with Gasteiger partial charge in [-0.1, -0.05) is 17.8 Å². The number of carbonyl (C=O) groups excluding carboxylic acids is 1. The lowest BCUT2D eigenvalue weighted by Gasteiger charge is -2.32. The molecule has 2 aromatic heterocycles. The standard InChI is InChI=1S/C17H16N4O2S/c1-24-17-20-15-14(16(23)21-17)13(9-5-2-3-8-18-9)12-10(19-15)6-4-7-11(12)22/h2-3,5,8,13H,4,6-7H2,1H3,(H2,19,20,21,23). The Labute approximate surface area is 142 Å². The van der Waals surface area contributed by atoms with Gasteiger partial charge in [0.1, 0.15) is 5.82 Å². The highest BCUT2D eigenvalue weighted by Gasteiger charge is 2.38. The maximum Gasteiger partial charge on any atom is 0.257 e. The molecule has 0 fully saturated rings. The molecule has 0 bridgehead atoms. The van der Waals surface area contributed by atoms with Crippen molar-refractivity contribution in [1.29, 1.82) is 0 Å². The summed E-state index contributed by atoms with van der Waals surface area (Å²) in [7, 11) is 0. The molecular weight excluding hydrogens is 324 g/mol. The van der Waals surface area contributed by atoms with Gasteiger partial charge in [0.2, 0.25) is 0 Å². The van der Waals surface area contributed by atoms with Crippen molar-refractivity contribution in [1.82, 2.24) is 15.0 Å². The number of nitrogens with one attached hydrogen (secondary N) is 2. The van der Waals surface area contributed by atoms with E-state index >= 15 is 0 Å². The van der Waals surface area contributed by atoms with Crippen LogP contribution in [0.3, 0.4) is 0 Å². The number of H-pyrrole nitrogens is 1. The number of rotatable bonds is 2. The molecule has 6 nitrogen and oxygen atoms in total. The van der Waals surface area contributed by atoms with Gasteiger partial charge in [0.25, 0.3) is 5.56 Å². The molecule has 2 N–H and O–H groups in total. The summed E-state index contributed by atoms with van der Waals surface area (Å²) in [6.07, 6.45) is 5.65. The molecule has 0 aromatic carbocycles. The molecule has 24 heavy (non-hydrogen) atoms. The van der Waals surface area contributed by atoms with E-state index in [9.17, 15) is 9.59 Å². The number of hydrogen-bond acceptors (Lipinski definition) is 6. The smallest absolute Gasteiger partial charge is 0.257 e. The fraction of sp³-hybridized carbons (Fsp3) is 0.294. The zero-order valence-corrected chi connectivity index (χ0v) is 13.9. The van der Waals surface area contributed by atoms with E-state index in [-0.39, 0.29) is 11.3 Å². The highest BCUT2D eigenvalue weighted by Crippen LogP contribution is 2.42. The predicted octanol–water partition coefficient (Wildman–Crippen LogP) is 2.45. The molecule has 0 radical (unpaired) electrons. The lowest BCUT2D eigenvalue weighted by molar-refractivity contribution is -0.116. The Hall–Kier alpha value is -2.41. The normalized spacial score (nSPS) is 19.5. The molecule has 1 aliphatic heterocycles. The van der Waals surface area contributed by atoms with Gasteiger partial charge in [-0.2, -0.15) is 0 Å². The van der Waals surface area contributed by atoms with E-state index < -0.39 is 5.92 Å². The maximum atomic E-state index is 12.7. The monoisotopic (exact) mass is 340 g/mol. The van der Waals surface area contributed by atoms with Crippen molar-refractivity contribution in [3.05, 3.63) is 57.3 Å². The number of thioether (sulfide) groups is 1. The number of Topliss-reactive ketones (excluding diaryl/α,β-unsaturated/α-hetero) is 1. The third-order valence-corrected chi connectivity index (χ3v) is 4.99. The van der Waals surface area contributed by atoms with Crippen LogP contribution in [0, 0.1) is 0 Å². The van der Waals surface area contributed by atoms with Crippen LogP contribution in [0.5, 0.6) is 0 Å². The minimum atomic E-state index is -0.461. The first kappa shape index (κ1) is 15.1. The highest BCUT2D eigenvalue weighted by molar-refractivity contribution is 7.98. The van der Waals surface area contributed by atoms with E-state index in [4.69, 9.17) is 0 Å². The number of fused-ring (bicyclic) bond motifs is 1. The van der Waals surface area contributed by atoms with Crippen molar-refractivity contribution in [2.75, 3.05) is 11.6 Å². The van der Waals surface area contributed by atoms with Gasteiger partial charge in [0.05, 0.1) is 17.2 Å². The van der Waals surface area contributed by atoms with E-state index in [1.807, 2.05) is 24.5 Å². The second-order valence-corrected chi connectivity index (χ2v) is 6.61. The molecule has 1 unspecified atom stereocenters. The molecule has 0 spiro atoms. The minimum Gasteiger partial charge on any atom is -0.343 e. The van der Waals surface area contributed by atoms with Crippen LogP contribution in [0.15, 0.2) is 45.6 Å². The number of allylic oxidation sites excluding steroid dienone is 2. The molecule has 2 aromatic rings. The van der Waals surface area contributed by atoms with E-state index in [1.165, 1.54) is 11.8 Å². The molecule has 1 aliphatic carbocycles. The molecule has 7 heteroatoms. The Morgan fingerprint density at radius 3 is 2.88 bits per heavy atom. The average Bonchev–Trinajstić information content (AvgIpc) is 2.60.